The van der Waals surface area contributed by atoms with Crippen molar-refractivity contribution in [1.82, 2.24) is 9.55 Å². The number of benzene rings is 2. The quantitative estimate of drug-likeness (QED) is 0.427. The monoisotopic (exact) mass is 396 g/mol. The van der Waals surface area contributed by atoms with E-state index in [2.05, 4.69) is 21.7 Å². The molecule has 0 bridgehead atoms. The molecule has 124 valence electrons. The molecular weight excluding hydrogens is 383 g/mol. The summed E-state index contributed by atoms with van der Waals surface area (Å²) < 4.78 is 2.08. The highest BCUT2D eigenvalue weighted by atomic mass is 35.5. The summed E-state index contributed by atoms with van der Waals surface area (Å²) in [5, 5.41) is 2.31. The van der Waals surface area contributed by atoms with E-state index in [4.69, 9.17) is 34.8 Å². The highest BCUT2D eigenvalue weighted by molar-refractivity contribution is 7.99. The molecule has 0 saturated carbocycles. The predicted octanol–water partition coefficient (Wildman–Crippen LogP) is 6.77. The first-order valence-electron chi connectivity index (χ1n) is 7.45. The Morgan fingerprint density at radius 3 is 2.42 bits per heavy atom. The molecule has 3 rings (SSSR count). The number of hydrogen-bond donors (Lipinski definition) is 0. The van der Waals surface area contributed by atoms with Gasteiger partial charge in [0.05, 0.1) is 11.3 Å². The molecule has 0 aliphatic rings. The van der Waals surface area contributed by atoms with Crippen LogP contribution in [0.15, 0.2) is 66.1 Å². The Labute approximate surface area is 160 Å². The summed E-state index contributed by atoms with van der Waals surface area (Å²) in [5.74, 6) is 0. The standard InChI is InChI=1S/C18H15Cl3N2S/c19-14-3-1-13(2-4-14)17(7-9-23-10-8-22-12-23)24-18-6-5-15(20)11-16(18)21/h1-6,8,10-12,17H,7,9H2. The van der Waals surface area contributed by atoms with Crippen molar-refractivity contribution >= 4 is 46.6 Å². The van der Waals surface area contributed by atoms with Gasteiger partial charge >= 0.3 is 0 Å². The van der Waals surface area contributed by atoms with Gasteiger partial charge in [0, 0.05) is 39.1 Å². The third-order valence-electron chi connectivity index (χ3n) is 3.61. The fourth-order valence-corrected chi connectivity index (χ4v) is 4.19. The van der Waals surface area contributed by atoms with Crippen LogP contribution >= 0.6 is 46.6 Å². The van der Waals surface area contributed by atoms with Gasteiger partial charge in [-0.15, -0.1) is 11.8 Å². The Morgan fingerprint density at radius 2 is 1.75 bits per heavy atom. The van der Waals surface area contributed by atoms with E-state index < -0.39 is 0 Å². The number of aromatic nitrogens is 2. The summed E-state index contributed by atoms with van der Waals surface area (Å²) >= 11 is 20.1. The van der Waals surface area contributed by atoms with Crippen LogP contribution in [0.5, 0.6) is 0 Å². The molecule has 6 heteroatoms. The Morgan fingerprint density at radius 1 is 1.00 bits per heavy atom. The van der Waals surface area contributed by atoms with Crippen molar-refractivity contribution in [3.05, 3.63) is 81.8 Å². The fourth-order valence-electron chi connectivity index (χ4n) is 2.38. The molecule has 1 unspecified atom stereocenters. The van der Waals surface area contributed by atoms with Crippen molar-refractivity contribution in [2.24, 2.45) is 0 Å². The zero-order valence-corrected chi connectivity index (χ0v) is 15.8. The molecule has 1 aromatic heterocycles. The number of nitrogens with zero attached hydrogens (tertiary/aromatic N) is 2. The van der Waals surface area contributed by atoms with Crippen molar-refractivity contribution in [3.8, 4) is 0 Å². The van der Waals surface area contributed by atoms with Crippen LogP contribution in [-0.4, -0.2) is 9.55 Å². The van der Waals surface area contributed by atoms with Crippen molar-refractivity contribution in [3.63, 3.8) is 0 Å². The number of halogens is 3. The normalized spacial score (nSPS) is 12.3. The minimum Gasteiger partial charge on any atom is -0.337 e. The second-order valence-corrected chi connectivity index (χ2v) is 7.85. The second-order valence-electron chi connectivity index (χ2n) is 5.32. The first kappa shape index (κ1) is 17.7. The number of imidazole rings is 1. The number of aryl methyl sites for hydroxylation is 1. The van der Waals surface area contributed by atoms with Gasteiger partial charge in [-0.1, -0.05) is 46.9 Å². The van der Waals surface area contributed by atoms with E-state index in [1.807, 2.05) is 36.8 Å². The highest BCUT2D eigenvalue weighted by Gasteiger charge is 2.15. The molecular formula is C18H15Cl3N2S. The lowest BCUT2D eigenvalue weighted by atomic mass is 10.1. The average Bonchev–Trinajstić information content (AvgIpc) is 3.08. The van der Waals surface area contributed by atoms with Gasteiger partial charge in [-0.2, -0.15) is 0 Å². The molecule has 2 nitrogen and oxygen atoms in total. The summed E-state index contributed by atoms with van der Waals surface area (Å²) in [5.41, 5.74) is 1.22. The summed E-state index contributed by atoms with van der Waals surface area (Å²) in [6.07, 6.45) is 6.54. The molecule has 0 fully saturated rings. The van der Waals surface area contributed by atoms with Crippen LogP contribution in [0.1, 0.15) is 17.2 Å². The molecule has 0 spiro atoms. The highest BCUT2D eigenvalue weighted by Crippen LogP contribution is 2.42. The molecule has 0 saturated heterocycles. The number of thioether (sulfide) groups is 1. The van der Waals surface area contributed by atoms with Crippen LogP contribution in [0.2, 0.25) is 15.1 Å². The first-order chi connectivity index (χ1) is 11.6. The van der Waals surface area contributed by atoms with Crippen molar-refractivity contribution < 1.29 is 0 Å². The van der Waals surface area contributed by atoms with Crippen molar-refractivity contribution in [2.45, 2.75) is 23.1 Å². The average molecular weight is 398 g/mol. The van der Waals surface area contributed by atoms with E-state index in [9.17, 15) is 0 Å². The maximum Gasteiger partial charge on any atom is 0.0945 e. The molecule has 24 heavy (non-hydrogen) atoms. The third-order valence-corrected chi connectivity index (χ3v) is 5.93. The molecule has 0 amide bonds. The van der Waals surface area contributed by atoms with Gasteiger partial charge in [-0.3, -0.25) is 0 Å². The smallest absolute Gasteiger partial charge is 0.0945 e. The van der Waals surface area contributed by atoms with Gasteiger partial charge < -0.3 is 4.57 Å². The van der Waals surface area contributed by atoms with E-state index in [0.29, 0.717) is 10.0 Å². The SMILES string of the molecule is Clc1ccc(C(CCn2ccnc2)Sc2ccc(Cl)cc2Cl)cc1. The lowest BCUT2D eigenvalue weighted by Gasteiger charge is -2.18. The predicted molar refractivity (Wildman–Crippen MR) is 103 cm³/mol. The zero-order valence-electron chi connectivity index (χ0n) is 12.7. The van der Waals surface area contributed by atoms with E-state index in [1.165, 1.54) is 5.56 Å². The summed E-state index contributed by atoms with van der Waals surface area (Å²) in [6, 6.07) is 13.6. The Balaban J connectivity index is 1.81. The summed E-state index contributed by atoms with van der Waals surface area (Å²) in [6.45, 7) is 0.880. The van der Waals surface area contributed by atoms with Crippen LogP contribution in [0, 0.1) is 0 Å². The van der Waals surface area contributed by atoms with Crippen molar-refractivity contribution in [2.75, 3.05) is 0 Å². The molecule has 0 aliphatic carbocycles. The molecule has 2 aromatic carbocycles. The number of hydrogen-bond acceptors (Lipinski definition) is 2. The molecule has 0 N–H and O–H groups in total. The largest absolute Gasteiger partial charge is 0.337 e. The fraction of sp³-hybridized carbons (Fsp3) is 0.167. The van der Waals surface area contributed by atoms with E-state index in [-0.39, 0.29) is 5.25 Å². The first-order valence-corrected chi connectivity index (χ1v) is 9.46. The topological polar surface area (TPSA) is 17.8 Å². The molecule has 1 atom stereocenters. The minimum atomic E-state index is 0.253. The van der Waals surface area contributed by atoms with E-state index in [0.717, 1.165) is 22.9 Å². The maximum absolute atomic E-state index is 6.34. The van der Waals surface area contributed by atoms with Crippen LogP contribution in [0.4, 0.5) is 0 Å². The Kier molecular flexibility index (Phi) is 6.12. The summed E-state index contributed by atoms with van der Waals surface area (Å²) in [7, 11) is 0. The van der Waals surface area contributed by atoms with Crippen LogP contribution in [0.3, 0.4) is 0 Å². The van der Waals surface area contributed by atoms with Crippen LogP contribution in [0.25, 0.3) is 0 Å². The van der Waals surface area contributed by atoms with E-state index in [1.54, 1.807) is 24.0 Å². The second kappa shape index (κ2) is 8.30. The van der Waals surface area contributed by atoms with Gasteiger partial charge in [0.15, 0.2) is 0 Å². The Bertz CT molecular complexity index is 789. The zero-order chi connectivity index (χ0) is 16.9. The maximum atomic E-state index is 6.34. The van der Waals surface area contributed by atoms with Gasteiger partial charge in [-0.25, -0.2) is 4.98 Å². The van der Waals surface area contributed by atoms with E-state index >= 15 is 0 Å². The van der Waals surface area contributed by atoms with Crippen LogP contribution in [-0.2, 0) is 6.54 Å². The summed E-state index contributed by atoms with van der Waals surface area (Å²) in [4.78, 5) is 5.12. The molecule has 3 aromatic rings. The number of rotatable bonds is 6. The Hall–Kier alpha value is -1.13. The van der Waals surface area contributed by atoms with Crippen molar-refractivity contribution in [1.29, 1.82) is 0 Å². The van der Waals surface area contributed by atoms with Gasteiger partial charge in [0.2, 0.25) is 0 Å². The molecule has 0 radical (unpaired) electrons. The molecule has 1 heterocycles. The van der Waals surface area contributed by atoms with Gasteiger partial charge in [-0.05, 0) is 42.3 Å². The van der Waals surface area contributed by atoms with Gasteiger partial charge in [0.25, 0.3) is 0 Å². The van der Waals surface area contributed by atoms with Crippen LogP contribution < -0.4 is 0 Å². The van der Waals surface area contributed by atoms with Gasteiger partial charge in [0.1, 0.15) is 0 Å². The molecule has 0 aliphatic heterocycles. The minimum absolute atomic E-state index is 0.253. The lowest BCUT2D eigenvalue weighted by Crippen LogP contribution is -2.01. The lowest BCUT2D eigenvalue weighted by molar-refractivity contribution is 0.634. The third kappa shape index (κ3) is 4.70.